The molecule has 4 nitrogen and oxygen atoms in total. The first-order chi connectivity index (χ1) is 13.1. The van der Waals surface area contributed by atoms with Crippen molar-refractivity contribution in [1.29, 1.82) is 0 Å². The summed E-state index contributed by atoms with van der Waals surface area (Å²) in [7, 11) is -1.93. The van der Waals surface area contributed by atoms with E-state index < -0.39 is 10.0 Å². The fraction of sp³-hybridized carbons (Fsp3) is 0.522. The third-order valence-electron chi connectivity index (χ3n) is 5.16. The van der Waals surface area contributed by atoms with Gasteiger partial charge in [0.25, 0.3) is 0 Å². The van der Waals surface area contributed by atoms with Gasteiger partial charge in [0.1, 0.15) is 0 Å². The average molecular weight is 403 g/mol. The molecule has 0 unspecified atom stereocenters. The zero-order valence-corrected chi connectivity index (χ0v) is 19.0. The first-order valence-electron chi connectivity index (χ1n) is 10.1. The van der Waals surface area contributed by atoms with E-state index in [-0.39, 0.29) is 11.8 Å². The van der Waals surface area contributed by atoms with Gasteiger partial charge in [-0.05, 0) is 46.6 Å². The van der Waals surface area contributed by atoms with Gasteiger partial charge in [0.05, 0.1) is 4.90 Å². The molecule has 0 amide bonds. The molecular weight excluding hydrogens is 368 g/mol. The van der Waals surface area contributed by atoms with Crippen LogP contribution in [0.5, 0.6) is 0 Å². The first kappa shape index (κ1) is 22.6. The van der Waals surface area contributed by atoms with Crippen molar-refractivity contribution in [3.63, 3.8) is 0 Å². The number of nitrogens with zero attached hydrogens (tertiary/aromatic N) is 2. The third-order valence-corrected chi connectivity index (χ3v) is 7.15. The van der Waals surface area contributed by atoms with E-state index in [1.54, 1.807) is 13.2 Å². The molecule has 0 saturated carbocycles. The second-order valence-electron chi connectivity index (χ2n) is 8.39. The van der Waals surface area contributed by atoms with Gasteiger partial charge in [-0.1, -0.05) is 59.7 Å². The second kappa shape index (κ2) is 9.19. The van der Waals surface area contributed by atoms with Crippen LogP contribution in [-0.2, 0) is 16.4 Å². The summed E-state index contributed by atoms with van der Waals surface area (Å²) in [5.74, 6) is 0.615. The van der Waals surface area contributed by atoms with Gasteiger partial charge in [-0.25, -0.2) is 12.7 Å². The van der Waals surface area contributed by atoms with E-state index in [9.17, 15) is 8.42 Å². The van der Waals surface area contributed by atoms with Gasteiger partial charge < -0.3 is 0 Å². The minimum Gasteiger partial charge on any atom is -0.261 e. The minimum absolute atomic E-state index is 0.130. The fourth-order valence-electron chi connectivity index (χ4n) is 3.28. The Bertz CT molecular complexity index is 859. The van der Waals surface area contributed by atoms with E-state index in [0.29, 0.717) is 23.8 Å². The standard InChI is InChI=1S/C23H34N2O2S/c1-16(2)19-14-21(17(3)4)23(22(15-19)18(5)6)28(26,27)25(7)13-11-20-10-8-9-12-24-20/h8-10,12,14-18H,11,13H2,1-7H3. The van der Waals surface area contributed by atoms with Crippen molar-refractivity contribution >= 4 is 10.0 Å². The van der Waals surface area contributed by atoms with Gasteiger partial charge in [-0.15, -0.1) is 0 Å². The summed E-state index contributed by atoms with van der Waals surface area (Å²) in [5, 5.41) is 0. The van der Waals surface area contributed by atoms with Crippen molar-refractivity contribution in [3.8, 4) is 0 Å². The van der Waals surface area contributed by atoms with E-state index in [0.717, 1.165) is 16.8 Å². The topological polar surface area (TPSA) is 50.3 Å². The molecule has 0 bridgehead atoms. The molecule has 0 atom stereocenters. The molecule has 0 radical (unpaired) electrons. The van der Waals surface area contributed by atoms with Crippen molar-refractivity contribution in [2.75, 3.05) is 13.6 Å². The van der Waals surface area contributed by atoms with Gasteiger partial charge in [-0.2, -0.15) is 0 Å². The van der Waals surface area contributed by atoms with Crippen LogP contribution >= 0.6 is 0 Å². The lowest BCUT2D eigenvalue weighted by Gasteiger charge is -2.26. The zero-order valence-electron chi connectivity index (χ0n) is 18.2. The highest BCUT2D eigenvalue weighted by Gasteiger charge is 2.30. The number of benzene rings is 1. The maximum absolute atomic E-state index is 13.6. The molecule has 28 heavy (non-hydrogen) atoms. The van der Waals surface area contributed by atoms with Crippen molar-refractivity contribution in [3.05, 3.63) is 58.9 Å². The van der Waals surface area contributed by atoms with Gasteiger partial charge in [0.2, 0.25) is 10.0 Å². The van der Waals surface area contributed by atoms with E-state index in [1.165, 1.54) is 9.87 Å². The lowest BCUT2D eigenvalue weighted by molar-refractivity contribution is 0.468. The predicted molar refractivity (Wildman–Crippen MR) is 116 cm³/mol. The molecule has 0 aliphatic carbocycles. The molecule has 1 aromatic heterocycles. The highest BCUT2D eigenvalue weighted by Crippen LogP contribution is 2.36. The molecule has 0 saturated heterocycles. The number of likely N-dealkylation sites (N-methyl/N-ethyl adjacent to an activating group) is 1. The highest BCUT2D eigenvalue weighted by molar-refractivity contribution is 7.89. The smallest absolute Gasteiger partial charge is 0.243 e. The highest BCUT2D eigenvalue weighted by atomic mass is 32.2. The molecule has 2 rings (SSSR count). The zero-order chi connectivity index (χ0) is 21.1. The van der Waals surface area contributed by atoms with Crippen LogP contribution in [0.15, 0.2) is 41.4 Å². The molecule has 1 heterocycles. The van der Waals surface area contributed by atoms with Crippen molar-refractivity contribution in [2.24, 2.45) is 0 Å². The Morgan fingerprint density at radius 1 is 0.929 bits per heavy atom. The Hall–Kier alpha value is -1.72. The lowest BCUT2D eigenvalue weighted by atomic mass is 9.89. The molecule has 0 aliphatic rings. The van der Waals surface area contributed by atoms with Crippen LogP contribution in [0.3, 0.4) is 0 Å². The van der Waals surface area contributed by atoms with E-state index in [2.05, 4.69) is 58.7 Å². The Morgan fingerprint density at radius 2 is 1.50 bits per heavy atom. The van der Waals surface area contributed by atoms with E-state index in [1.807, 2.05) is 18.2 Å². The number of sulfonamides is 1. The monoisotopic (exact) mass is 402 g/mol. The normalized spacial score (nSPS) is 12.5. The minimum atomic E-state index is -3.60. The predicted octanol–water partition coefficient (Wildman–Crippen LogP) is 5.32. The maximum atomic E-state index is 13.6. The quantitative estimate of drug-likeness (QED) is 0.601. The Morgan fingerprint density at radius 3 is 1.93 bits per heavy atom. The van der Waals surface area contributed by atoms with Gasteiger partial charge >= 0.3 is 0 Å². The molecule has 2 aromatic rings. The third kappa shape index (κ3) is 5.00. The van der Waals surface area contributed by atoms with Crippen molar-refractivity contribution in [1.82, 2.24) is 9.29 Å². The summed E-state index contributed by atoms with van der Waals surface area (Å²) in [6.07, 6.45) is 2.33. The largest absolute Gasteiger partial charge is 0.261 e. The van der Waals surface area contributed by atoms with Gasteiger partial charge in [0, 0.05) is 31.9 Å². The number of aromatic nitrogens is 1. The number of rotatable bonds is 8. The summed E-state index contributed by atoms with van der Waals surface area (Å²) >= 11 is 0. The summed E-state index contributed by atoms with van der Waals surface area (Å²) < 4.78 is 28.7. The molecule has 1 aromatic carbocycles. The number of hydrogen-bond acceptors (Lipinski definition) is 3. The molecule has 0 N–H and O–H groups in total. The van der Waals surface area contributed by atoms with Crippen LogP contribution in [0.4, 0.5) is 0 Å². The van der Waals surface area contributed by atoms with Crippen LogP contribution in [0, 0.1) is 0 Å². The molecule has 5 heteroatoms. The van der Waals surface area contributed by atoms with E-state index in [4.69, 9.17) is 0 Å². The fourth-order valence-corrected chi connectivity index (χ4v) is 5.11. The number of pyridine rings is 1. The molecule has 154 valence electrons. The Labute approximate surface area is 171 Å². The Kier molecular flexibility index (Phi) is 7.40. The lowest BCUT2D eigenvalue weighted by Crippen LogP contribution is -2.31. The second-order valence-corrected chi connectivity index (χ2v) is 10.4. The van der Waals surface area contributed by atoms with Crippen LogP contribution in [0.25, 0.3) is 0 Å². The van der Waals surface area contributed by atoms with Crippen LogP contribution < -0.4 is 0 Å². The molecule has 0 spiro atoms. The number of hydrogen-bond donors (Lipinski definition) is 0. The van der Waals surface area contributed by atoms with Crippen LogP contribution in [0.1, 0.15) is 81.7 Å². The maximum Gasteiger partial charge on any atom is 0.243 e. The summed E-state index contributed by atoms with van der Waals surface area (Å²) in [6.45, 7) is 13.0. The summed E-state index contributed by atoms with van der Waals surface area (Å²) in [6, 6.07) is 9.89. The van der Waals surface area contributed by atoms with Crippen molar-refractivity contribution < 1.29 is 8.42 Å². The van der Waals surface area contributed by atoms with Crippen LogP contribution in [0.2, 0.25) is 0 Å². The molecule has 0 fully saturated rings. The summed E-state index contributed by atoms with van der Waals surface area (Å²) in [5.41, 5.74) is 3.93. The Balaban J connectivity index is 2.50. The average Bonchev–Trinajstić information content (AvgIpc) is 2.65. The van der Waals surface area contributed by atoms with E-state index >= 15 is 0 Å². The van der Waals surface area contributed by atoms with Crippen molar-refractivity contribution in [2.45, 2.75) is 70.6 Å². The summed E-state index contributed by atoms with van der Waals surface area (Å²) in [4.78, 5) is 4.80. The van der Waals surface area contributed by atoms with Crippen LogP contribution in [-0.4, -0.2) is 31.3 Å². The van der Waals surface area contributed by atoms with Gasteiger partial charge in [-0.3, -0.25) is 4.98 Å². The SMILES string of the molecule is CC(C)c1cc(C(C)C)c(S(=O)(=O)N(C)CCc2ccccn2)c(C(C)C)c1. The first-order valence-corrected chi connectivity index (χ1v) is 11.5. The molecular formula is C23H34N2O2S. The van der Waals surface area contributed by atoms with Gasteiger partial charge in [0.15, 0.2) is 0 Å². The molecule has 0 aliphatic heterocycles.